The van der Waals surface area contributed by atoms with Crippen molar-refractivity contribution in [2.45, 2.75) is 117 Å². The Labute approximate surface area is 207 Å². The first-order valence-corrected chi connectivity index (χ1v) is 13.6. The third-order valence-electron chi connectivity index (χ3n) is 8.20. The molecule has 1 heterocycles. The van der Waals surface area contributed by atoms with Gasteiger partial charge in [0.2, 0.25) is 0 Å². The van der Waals surface area contributed by atoms with Gasteiger partial charge in [-0.15, -0.1) is 0 Å². The summed E-state index contributed by atoms with van der Waals surface area (Å²) in [6.07, 6.45) is 14.2. The number of Topliss-reactive ketones (excluding diaryl/α,β-unsaturated/α-hetero) is 2. The number of fused-ring (bicyclic) bond motifs is 2. The van der Waals surface area contributed by atoms with Crippen LogP contribution in [0.1, 0.15) is 126 Å². The predicted octanol–water partition coefficient (Wildman–Crippen LogP) is 8.37. The molecule has 1 aliphatic heterocycles. The summed E-state index contributed by atoms with van der Waals surface area (Å²) in [7, 11) is 0. The first-order chi connectivity index (χ1) is 16.1. The van der Waals surface area contributed by atoms with Gasteiger partial charge < -0.3 is 4.74 Å². The zero-order valence-electron chi connectivity index (χ0n) is 22.4. The lowest BCUT2D eigenvalue weighted by Gasteiger charge is -2.22. The van der Waals surface area contributed by atoms with Gasteiger partial charge in [-0.05, 0) is 44.4 Å². The standard InChI is InChI=1S/C31H46O3/c1-22(2)12-9-13-23(3)14-10-15-24(4)16-11-17-25(5)20-21-31-29(33)27-19-8-7-18-26(27)28(32)30(31,6)34-31/h7-8,18-20,22-24H,9-17,21H2,1-6H3/b25-20+/t23-,24-,30+,31+/m1/s1. The number of ketones is 2. The molecular weight excluding hydrogens is 420 g/mol. The van der Waals surface area contributed by atoms with Crippen molar-refractivity contribution in [3.05, 3.63) is 47.0 Å². The van der Waals surface area contributed by atoms with Crippen molar-refractivity contribution in [3.8, 4) is 0 Å². The molecule has 4 atom stereocenters. The second-order valence-electron chi connectivity index (χ2n) is 11.8. The molecule has 3 rings (SSSR count). The van der Waals surface area contributed by atoms with E-state index in [1.807, 2.05) is 12.1 Å². The molecule has 3 nitrogen and oxygen atoms in total. The number of hydrogen-bond acceptors (Lipinski definition) is 3. The van der Waals surface area contributed by atoms with Gasteiger partial charge in [-0.2, -0.15) is 0 Å². The fraction of sp³-hybridized carbons (Fsp3) is 0.677. The lowest BCUT2D eigenvalue weighted by Crippen LogP contribution is -2.43. The summed E-state index contributed by atoms with van der Waals surface area (Å²) in [5.41, 5.74) is 0.297. The van der Waals surface area contributed by atoms with Gasteiger partial charge in [0, 0.05) is 17.5 Å². The average Bonchev–Trinajstić information content (AvgIpc) is 3.43. The topological polar surface area (TPSA) is 46.7 Å². The molecule has 1 aromatic carbocycles. The van der Waals surface area contributed by atoms with E-state index in [2.05, 4.69) is 40.7 Å². The van der Waals surface area contributed by atoms with Crippen LogP contribution in [0.25, 0.3) is 0 Å². The van der Waals surface area contributed by atoms with Crippen LogP contribution in [0.5, 0.6) is 0 Å². The minimum absolute atomic E-state index is 0.0405. The quantitative estimate of drug-likeness (QED) is 0.204. The van der Waals surface area contributed by atoms with Gasteiger partial charge in [-0.25, -0.2) is 0 Å². The number of hydrogen-bond donors (Lipinski definition) is 0. The molecule has 1 saturated heterocycles. The summed E-state index contributed by atoms with van der Waals surface area (Å²) in [6, 6.07) is 7.12. The molecule has 1 aromatic rings. The highest BCUT2D eigenvalue weighted by Crippen LogP contribution is 2.57. The normalized spacial score (nSPS) is 25.8. The van der Waals surface area contributed by atoms with E-state index in [1.54, 1.807) is 19.1 Å². The summed E-state index contributed by atoms with van der Waals surface area (Å²) < 4.78 is 5.91. The number of epoxide rings is 1. The van der Waals surface area contributed by atoms with Crippen LogP contribution < -0.4 is 0 Å². The van der Waals surface area contributed by atoms with Crippen LogP contribution in [0, 0.1) is 17.8 Å². The van der Waals surface area contributed by atoms with Crippen LogP contribution in [0.3, 0.4) is 0 Å². The molecule has 188 valence electrons. The van der Waals surface area contributed by atoms with E-state index >= 15 is 0 Å². The minimum atomic E-state index is -1.00. The highest BCUT2D eigenvalue weighted by molar-refractivity contribution is 6.25. The molecular formula is C31H46O3. The van der Waals surface area contributed by atoms with E-state index in [0.29, 0.717) is 17.5 Å². The predicted molar refractivity (Wildman–Crippen MR) is 140 cm³/mol. The Hall–Kier alpha value is -1.74. The molecule has 0 aromatic heterocycles. The fourth-order valence-corrected chi connectivity index (χ4v) is 5.63. The molecule has 34 heavy (non-hydrogen) atoms. The third kappa shape index (κ3) is 5.90. The SMILES string of the molecule is C/C(=C\C[C@@]12O[C@@]1(C)C(=O)c1ccccc1C2=O)CCC[C@H](C)CCC[C@H](C)CCCC(C)C. The van der Waals surface area contributed by atoms with Crippen molar-refractivity contribution in [1.82, 2.24) is 0 Å². The van der Waals surface area contributed by atoms with Crippen LogP contribution in [0.15, 0.2) is 35.9 Å². The van der Waals surface area contributed by atoms with Crippen LogP contribution in [0.4, 0.5) is 0 Å². The molecule has 0 amide bonds. The van der Waals surface area contributed by atoms with Crippen molar-refractivity contribution < 1.29 is 14.3 Å². The first kappa shape index (κ1) is 26.9. The number of rotatable bonds is 14. The Morgan fingerprint density at radius 3 is 1.97 bits per heavy atom. The lowest BCUT2D eigenvalue weighted by atomic mass is 9.73. The van der Waals surface area contributed by atoms with Gasteiger partial charge in [0.05, 0.1) is 0 Å². The second kappa shape index (κ2) is 11.3. The summed E-state index contributed by atoms with van der Waals surface area (Å²) in [4.78, 5) is 26.1. The van der Waals surface area contributed by atoms with Gasteiger partial charge in [0.25, 0.3) is 0 Å². The molecule has 0 radical (unpaired) electrons. The van der Waals surface area contributed by atoms with Crippen molar-refractivity contribution in [2.75, 3.05) is 0 Å². The summed E-state index contributed by atoms with van der Waals surface area (Å²) in [6.45, 7) is 13.3. The third-order valence-corrected chi connectivity index (χ3v) is 8.20. The largest absolute Gasteiger partial charge is 0.345 e. The van der Waals surface area contributed by atoms with E-state index in [9.17, 15) is 9.59 Å². The van der Waals surface area contributed by atoms with E-state index in [0.717, 1.165) is 24.2 Å². The summed E-state index contributed by atoms with van der Waals surface area (Å²) >= 11 is 0. The Kier molecular flexibility index (Phi) is 8.95. The Morgan fingerprint density at radius 2 is 1.38 bits per heavy atom. The number of carbonyl (C=O) groups is 2. The van der Waals surface area contributed by atoms with Gasteiger partial charge in [-0.1, -0.05) is 109 Å². The molecule has 3 heteroatoms. The van der Waals surface area contributed by atoms with Crippen molar-refractivity contribution in [3.63, 3.8) is 0 Å². The van der Waals surface area contributed by atoms with Gasteiger partial charge in [0.15, 0.2) is 22.8 Å². The van der Waals surface area contributed by atoms with E-state index < -0.39 is 11.2 Å². The zero-order chi connectivity index (χ0) is 24.9. The Morgan fingerprint density at radius 1 is 0.853 bits per heavy atom. The number of ether oxygens (including phenoxy) is 1. The summed E-state index contributed by atoms with van der Waals surface area (Å²) in [5.74, 6) is 2.34. The number of allylic oxidation sites excluding steroid dienone is 1. The van der Waals surface area contributed by atoms with Gasteiger partial charge >= 0.3 is 0 Å². The average molecular weight is 467 g/mol. The highest BCUT2D eigenvalue weighted by atomic mass is 16.6. The van der Waals surface area contributed by atoms with Crippen LogP contribution >= 0.6 is 0 Å². The molecule has 0 unspecified atom stereocenters. The lowest BCUT2D eigenvalue weighted by molar-refractivity contribution is 0.0847. The monoisotopic (exact) mass is 466 g/mol. The van der Waals surface area contributed by atoms with E-state index in [4.69, 9.17) is 4.74 Å². The second-order valence-corrected chi connectivity index (χ2v) is 11.8. The number of carbonyl (C=O) groups excluding carboxylic acids is 2. The first-order valence-electron chi connectivity index (χ1n) is 13.6. The fourth-order valence-electron chi connectivity index (χ4n) is 5.63. The maximum atomic E-state index is 13.2. The minimum Gasteiger partial charge on any atom is -0.345 e. The molecule has 1 fully saturated rings. The van der Waals surface area contributed by atoms with E-state index in [-0.39, 0.29) is 11.6 Å². The van der Waals surface area contributed by atoms with Crippen LogP contribution in [-0.2, 0) is 4.74 Å². The molecule has 2 aliphatic rings. The molecule has 0 bridgehead atoms. The van der Waals surface area contributed by atoms with Crippen molar-refractivity contribution in [1.29, 1.82) is 0 Å². The molecule has 0 saturated carbocycles. The maximum Gasteiger partial charge on any atom is 0.199 e. The maximum absolute atomic E-state index is 13.2. The molecule has 0 spiro atoms. The summed E-state index contributed by atoms with van der Waals surface area (Å²) in [5, 5.41) is 0. The molecule has 1 aliphatic carbocycles. The highest BCUT2D eigenvalue weighted by Gasteiger charge is 2.77. The Balaban J connectivity index is 1.39. The van der Waals surface area contributed by atoms with Gasteiger partial charge in [-0.3, -0.25) is 9.59 Å². The number of benzene rings is 1. The smallest absolute Gasteiger partial charge is 0.199 e. The van der Waals surface area contributed by atoms with Crippen LogP contribution in [-0.4, -0.2) is 22.8 Å². The molecule has 0 N–H and O–H groups in total. The van der Waals surface area contributed by atoms with Crippen molar-refractivity contribution in [2.24, 2.45) is 17.8 Å². The Bertz CT molecular complexity index is 898. The van der Waals surface area contributed by atoms with Crippen LogP contribution in [0.2, 0.25) is 0 Å². The van der Waals surface area contributed by atoms with Crippen molar-refractivity contribution >= 4 is 11.6 Å². The zero-order valence-corrected chi connectivity index (χ0v) is 22.4. The van der Waals surface area contributed by atoms with E-state index in [1.165, 1.54) is 56.9 Å². The van der Waals surface area contributed by atoms with Gasteiger partial charge in [0.1, 0.15) is 0 Å².